The van der Waals surface area contributed by atoms with Gasteiger partial charge in [-0.25, -0.2) is 22.8 Å². The smallest absolute Gasteiger partial charge is 0.243 e. The maximum Gasteiger partial charge on any atom is 0.243 e. The molecule has 2 aliphatic heterocycles. The maximum absolute atomic E-state index is 14.2. The van der Waals surface area contributed by atoms with Gasteiger partial charge in [0.15, 0.2) is 11.6 Å². The summed E-state index contributed by atoms with van der Waals surface area (Å²) in [7, 11) is -3.78. The zero-order valence-corrected chi connectivity index (χ0v) is 18.7. The number of halogens is 1. The van der Waals surface area contributed by atoms with E-state index in [1.807, 2.05) is 13.0 Å². The number of benzene rings is 1. The standard InChI is InChI=1S/C21H28FN5O3S/c1-3-30-19-7-6-17(14-18(19)22)31(28,29)27-12-10-26(11-13-27)21-15-20(23-16(2)24-21)25-8-4-5-9-25/h6-7,14-15H,3-5,8-13H2,1-2H3. The quantitative estimate of drug-likeness (QED) is 0.670. The number of hydrogen-bond acceptors (Lipinski definition) is 7. The first-order chi connectivity index (χ1) is 14.9. The van der Waals surface area contributed by atoms with Crippen molar-refractivity contribution in [2.24, 2.45) is 0 Å². The molecule has 0 saturated carbocycles. The Labute approximate surface area is 182 Å². The Kier molecular flexibility index (Phi) is 6.29. The molecule has 2 aliphatic rings. The molecule has 0 N–H and O–H groups in total. The highest BCUT2D eigenvalue weighted by atomic mass is 32.2. The second-order valence-electron chi connectivity index (χ2n) is 7.74. The topological polar surface area (TPSA) is 78.9 Å². The van der Waals surface area contributed by atoms with E-state index in [2.05, 4.69) is 19.8 Å². The summed E-state index contributed by atoms with van der Waals surface area (Å²) in [5.74, 6) is 1.84. The van der Waals surface area contributed by atoms with Gasteiger partial charge in [0.05, 0.1) is 11.5 Å². The third-order valence-corrected chi connectivity index (χ3v) is 7.54. The van der Waals surface area contributed by atoms with Crippen molar-refractivity contribution in [1.82, 2.24) is 14.3 Å². The number of piperazine rings is 1. The lowest BCUT2D eigenvalue weighted by Crippen LogP contribution is -2.49. The Hall–Kier alpha value is -2.46. The lowest BCUT2D eigenvalue weighted by atomic mass is 10.3. The van der Waals surface area contributed by atoms with Gasteiger partial charge in [-0.3, -0.25) is 0 Å². The fraction of sp³-hybridized carbons (Fsp3) is 0.524. The molecule has 10 heteroatoms. The Morgan fingerprint density at radius 1 is 0.968 bits per heavy atom. The van der Waals surface area contributed by atoms with Crippen molar-refractivity contribution >= 4 is 21.7 Å². The average Bonchev–Trinajstić information content (AvgIpc) is 3.30. The summed E-state index contributed by atoms with van der Waals surface area (Å²) in [6, 6.07) is 5.78. The minimum Gasteiger partial charge on any atom is -0.491 e. The molecule has 0 atom stereocenters. The molecule has 168 valence electrons. The van der Waals surface area contributed by atoms with Crippen molar-refractivity contribution in [3.8, 4) is 5.75 Å². The molecule has 31 heavy (non-hydrogen) atoms. The van der Waals surface area contributed by atoms with Crippen LogP contribution < -0.4 is 14.5 Å². The third-order valence-electron chi connectivity index (χ3n) is 5.64. The fourth-order valence-corrected chi connectivity index (χ4v) is 5.46. The third kappa shape index (κ3) is 4.59. The number of aryl methyl sites for hydroxylation is 1. The first kappa shape index (κ1) is 21.8. The van der Waals surface area contributed by atoms with Crippen molar-refractivity contribution in [3.63, 3.8) is 0 Å². The van der Waals surface area contributed by atoms with Gasteiger partial charge in [-0.15, -0.1) is 0 Å². The first-order valence-electron chi connectivity index (χ1n) is 10.7. The number of hydrogen-bond donors (Lipinski definition) is 0. The molecule has 4 rings (SSSR count). The van der Waals surface area contributed by atoms with E-state index in [9.17, 15) is 12.8 Å². The van der Waals surface area contributed by atoms with Gasteiger partial charge >= 0.3 is 0 Å². The van der Waals surface area contributed by atoms with Crippen LogP contribution in [0.1, 0.15) is 25.6 Å². The van der Waals surface area contributed by atoms with Crippen LogP contribution in [0, 0.1) is 12.7 Å². The van der Waals surface area contributed by atoms with E-state index in [0.29, 0.717) is 38.6 Å². The van der Waals surface area contributed by atoms with Crippen molar-refractivity contribution in [1.29, 1.82) is 0 Å². The predicted molar refractivity (Wildman–Crippen MR) is 117 cm³/mol. The summed E-state index contributed by atoms with van der Waals surface area (Å²) >= 11 is 0. The molecule has 0 bridgehead atoms. The minimum atomic E-state index is -3.78. The predicted octanol–water partition coefficient (Wildman–Crippen LogP) is 2.43. The Bertz CT molecular complexity index is 1040. The molecule has 8 nitrogen and oxygen atoms in total. The molecular weight excluding hydrogens is 421 g/mol. The van der Waals surface area contributed by atoms with Gasteiger partial charge in [-0.05, 0) is 44.9 Å². The zero-order chi connectivity index (χ0) is 22.0. The van der Waals surface area contributed by atoms with Crippen LogP contribution >= 0.6 is 0 Å². The number of anilines is 2. The maximum atomic E-state index is 14.2. The highest BCUT2D eigenvalue weighted by Crippen LogP contribution is 2.26. The molecule has 2 saturated heterocycles. The molecule has 3 heterocycles. The van der Waals surface area contributed by atoms with E-state index in [4.69, 9.17) is 4.74 Å². The van der Waals surface area contributed by atoms with Gasteiger partial charge in [-0.2, -0.15) is 4.31 Å². The summed E-state index contributed by atoms with van der Waals surface area (Å²) in [5, 5.41) is 0. The second-order valence-corrected chi connectivity index (χ2v) is 9.68. The summed E-state index contributed by atoms with van der Waals surface area (Å²) in [6.07, 6.45) is 2.34. The number of nitrogens with zero attached hydrogens (tertiary/aromatic N) is 5. The van der Waals surface area contributed by atoms with E-state index in [0.717, 1.165) is 30.8 Å². The monoisotopic (exact) mass is 449 g/mol. The van der Waals surface area contributed by atoms with E-state index in [-0.39, 0.29) is 10.6 Å². The van der Waals surface area contributed by atoms with Crippen LogP contribution in [0.15, 0.2) is 29.2 Å². The molecule has 2 aromatic rings. The Morgan fingerprint density at radius 2 is 1.58 bits per heavy atom. The van der Waals surface area contributed by atoms with E-state index in [1.165, 1.54) is 29.3 Å². The normalized spacial score (nSPS) is 17.9. The molecule has 2 fully saturated rings. The first-order valence-corrected chi connectivity index (χ1v) is 12.1. The van der Waals surface area contributed by atoms with Gasteiger partial charge in [0.1, 0.15) is 17.5 Å². The molecular formula is C21H28FN5O3S. The van der Waals surface area contributed by atoms with Crippen LogP contribution in [0.5, 0.6) is 5.75 Å². The van der Waals surface area contributed by atoms with Gasteiger partial charge in [0, 0.05) is 45.3 Å². The van der Waals surface area contributed by atoms with Gasteiger partial charge < -0.3 is 14.5 Å². The largest absolute Gasteiger partial charge is 0.491 e. The lowest BCUT2D eigenvalue weighted by Gasteiger charge is -2.35. The fourth-order valence-electron chi connectivity index (χ4n) is 4.03. The zero-order valence-electron chi connectivity index (χ0n) is 17.9. The summed E-state index contributed by atoms with van der Waals surface area (Å²) < 4.78 is 46.8. The van der Waals surface area contributed by atoms with Crippen LogP contribution in [0.2, 0.25) is 0 Å². The van der Waals surface area contributed by atoms with Gasteiger partial charge in [-0.1, -0.05) is 0 Å². The molecule has 0 radical (unpaired) electrons. The van der Waals surface area contributed by atoms with Crippen LogP contribution in [-0.4, -0.2) is 68.6 Å². The molecule has 0 unspecified atom stereocenters. The Balaban J connectivity index is 1.46. The van der Waals surface area contributed by atoms with Gasteiger partial charge in [0.25, 0.3) is 0 Å². The summed E-state index contributed by atoms with van der Waals surface area (Å²) in [4.78, 5) is 13.4. The molecule has 0 aliphatic carbocycles. The molecule has 1 aromatic carbocycles. The number of rotatable bonds is 6. The summed E-state index contributed by atoms with van der Waals surface area (Å²) in [5.41, 5.74) is 0. The SMILES string of the molecule is CCOc1ccc(S(=O)(=O)N2CCN(c3cc(N4CCCC4)nc(C)n3)CC2)cc1F. The van der Waals surface area contributed by atoms with E-state index >= 15 is 0 Å². The highest BCUT2D eigenvalue weighted by Gasteiger charge is 2.30. The lowest BCUT2D eigenvalue weighted by molar-refractivity contribution is 0.321. The van der Waals surface area contributed by atoms with Crippen LogP contribution in [0.3, 0.4) is 0 Å². The van der Waals surface area contributed by atoms with Crippen molar-refractivity contribution < 1.29 is 17.5 Å². The van der Waals surface area contributed by atoms with Crippen LogP contribution in [0.25, 0.3) is 0 Å². The van der Waals surface area contributed by atoms with Crippen molar-refractivity contribution in [2.45, 2.75) is 31.6 Å². The van der Waals surface area contributed by atoms with Crippen molar-refractivity contribution in [2.75, 3.05) is 55.7 Å². The second kappa shape index (κ2) is 8.96. The molecule has 0 amide bonds. The average molecular weight is 450 g/mol. The number of aromatic nitrogens is 2. The van der Waals surface area contributed by atoms with Crippen LogP contribution in [0.4, 0.5) is 16.0 Å². The van der Waals surface area contributed by atoms with Crippen LogP contribution in [-0.2, 0) is 10.0 Å². The molecule has 1 aromatic heterocycles. The Morgan fingerprint density at radius 3 is 2.16 bits per heavy atom. The summed E-state index contributed by atoms with van der Waals surface area (Å²) in [6.45, 7) is 7.57. The number of ether oxygens (including phenoxy) is 1. The molecule has 0 spiro atoms. The minimum absolute atomic E-state index is 0.0548. The number of sulfonamides is 1. The van der Waals surface area contributed by atoms with E-state index < -0.39 is 15.8 Å². The van der Waals surface area contributed by atoms with E-state index in [1.54, 1.807) is 6.92 Å². The van der Waals surface area contributed by atoms with Gasteiger partial charge in [0.2, 0.25) is 10.0 Å². The van der Waals surface area contributed by atoms with Crippen molar-refractivity contribution in [3.05, 3.63) is 35.9 Å². The highest BCUT2D eigenvalue weighted by molar-refractivity contribution is 7.89.